The van der Waals surface area contributed by atoms with E-state index in [4.69, 9.17) is 28.9 Å². The van der Waals surface area contributed by atoms with Crippen molar-refractivity contribution < 1.29 is 8.42 Å². The molecule has 0 aromatic carbocycles. The van der Waals surface area contributed by atoms with E-state index in [-0.39, 0.29) is 21.3 Å². The summed E-state index contributed by atoms with van der Waals surface area (Å²) in [7, 11) is -3.58. The predicted octanol–water partition coefficient (Wildman–Crippen LogP) is 2.17. The molecule has 1 aromatic heterocycles. The lowest BCUT2D eigenvalue weighted by Gasteiger charge is -2.22. The predicted molar refractivity (Wildman–Crippen MR) is 70.3 cm³/mol. The fraction of sp³-hybridized carbons (Fsp3) is 0.556. The van der Waals surface area contributed by atoms with Crippen LogP contribution < -0.4 is 5.73 Å². The highest BCUT2D eigenvalue weighted by molar-refractivity contribution is 7.89. The Kier molecular flexibility index (Phi) is 3.74. The molecule has 0 bridgehead atoms. The first-order valence-corrected chi connectivity index (χ1v) is 8.07. The third-order valence-corrected chi connectivity index (χ3v) is 6.71. The zero-order valence-electron chi connectivity index (χ0n) is 9.06. The van der Waals surface area contributed by atoms with Gasteiger partial charge in [-0.2, -0.15) is 4.31 Å². The zero-order valence-corrected chi connectivity index (χ0v) is 12.2. The minimum absolute atomic E-state index is 0.0788. The Bertz CT molecular complexity index is 529. The van der Waals surface area contributed by atoms with Crippen molar-refractivity contribution in [2.24, 2.45) is 5.73 Å². The van der Waals surface area contributed by atoms with Crippen molar-refractivity contribution in [3.8, 4) is 0 Å². The molecule has 96 valence electrons. The maximum absolute atomic E-state index is 12.4. The molecule has 2 atom stereocenters. The van der Waals surface area contributed by atoms with Crippen molar-refractivity contribution in [2.45, 2.75) is 30.3 Å². The molecule has 0 saturated carbocycles. The summed E-state index contributed by atoms with van der Waals surface area (Å²) in [6.45, 7) is 2.23. The Morgan fingerprint density at radius 3 is 2.59 bits per heavy atom. The molecule has 1 aromatic rings. The molecule has 2 heterocycles. The van der Waals surface area contributed by atoms with Crippen LogP contribution in [0.1, 0.15) is 13.3 Å². The topological polar surface area (TPSA) is 63.4 Å². The average molecular weight is 315 g/mol. The van der Waals surface area contributed by atoms with Crippen LogP contribution in [0.5, 0.6) is 0 Å². The monoisotopic (exact) mass is 314 g/mol. The van der Waals surface area contributed by atoms with E-state index in [1.54, 1.807) is 6.92 Å². The second-order valence-corrected chi connectivity index (χ2v) is 8.14. The molecule has 2 rings (SSSR count). The summed E-state index contributed by atoms with van der Waals surface area (Å²) in [4.78, 5) is 0.0788. The molecule has 4 nitrogen and oxygen atoms in total. The summed E-state index contributed by atoms with van der Waals surface area (Å²) in [5.41, 5.74) is 5.82. The number of nitrogens with zero attached hydrogens (tertiary/aromatic N) is 1. The van der Waals surface area contributed by atoms with Crippen molar-refractivity contribution in [1.82, 2.24) is 4.31 Å². The van der Waals surface area contributed by atoms with Gasteiger partial charge in [0.25, 0.3) is 0 Å². The standard InChI is InChI=1S/C9H12Cl2N2O2S2/c1-5-6(12)2-3-13(5)17(14,15)7-4-8(10)16-9(7)11/h4-6H,2-3,12H2,1H3. The minimum atomic E-state index is -3.58. The Morgan fingerprint density at radius 1 is 1.53 bits per heavy atom. The number of rotatable bonds is 2. The van der Waals surface area contributed by atoms with Crippen molar-refractivity contribution in [3.05, 3.63) is 14.7 Å². The van der Waals surface area contributed by atoms with Gasteiger partial charge in [0.2, 0.25) is 10.0 Å². The van der Waals surface area contributed by atoms with Gasteiger partial charge in [0.15, 0.2) is 0 Å². The van der Waals surface area contributed by atoms with Crippen LogP contribution in [0.25, 0.3) is 0 Å². The molecule has 0 radical (unpaired) electrons. The molecule has 0 aliphatic carbocycles. The highest BCUT2D eigenvalue weighted by Gasteiger charge is 2.38. The van der Waals surface area contributed by atoms with Crippen LogP contribution >= 0.6 is 34.5 Å². The number of hydrogen-bond acceptors (Lipinski definition) is 4. The first-order valence-electron chi connectivity index (χ1n) is 5.06. The molecule has 1 fully saturated rings. The zero-order chi connectivity index (χ0) is 12.8. The molecule has 17 heavy (non-hydrogen) atoms. The van der Waals surface area contributed by atoms with Crippen LogP contribution in [0.2, 0.25) is 8.67 Å². The van der Waals surface area contributed by atoms with E-state index in [9.17, 15) is 8.42 Å². The number of nitrogens with two attached hydrogens (primary N) is 1. The average Bonchev–Trinajstić information content (AvgIpc) is 2.72. The van der Waals surface area contributed by atoms with E-state index in [1.807, 2.05) is 0 Å². The van der Waals surface area contributed by atoms with Crippen LogP contribution in [0, 0.1) is 0 Å². The highest BCUT2D eigenvalue weighted by Crippen LogP contribution is 2.37. The van der Waals surface area contributed by atoms with Gasteiger partial charge < -0.3 is 5.73 Å². The fourth-order valence-electron chi connectivity index (χ4n) is 1.90. The van der Waals surface area contributed by atoms with Crippen LogP contribution in [-0.4, -0.2) is 31.4 Å². The summed E-state index contributed by atoms with van der Waals surface area (Å²) in [6.07, 6.45) is 0.663. The Morgan fingerprint density at radius 2 is 2.18 bits per heavy atom. The molecule has 1 aliphatic heterocycles. The lowest BCUT2D eigenvalue weighted by molar-refractivity contribution is 0.393. The summed E-state index contributed by atoms with van der Waals surface area (Å²) < 4.78 is 26.7. The second kappa shape index (κ2) is 4.68. The highest BCUT2D eigenvalue weighted by atomic mass is 35.5. The van der Waals surface area contributed by atoms with Gasteiger partial charge in [0, 0.05) is 18.6 Å². The molecular weight excluding hydrogens is 303 g/mol. The molecule has 1 aliphatic rings. The maximum Gasteiger partial charge on any atom is 0.245 e. The van der Waals surface area contributed by atoms with Crippen LogP contribution in [0.4, 0.5) is 0 Å². The van der Waals surface area contributed by atoms with E-state index in [0.717, 1.165) is 11.3 Å². The van der Waals surface area contributed by atoms with Gasteiger partial charge in [-0.1, -0.05) is 23.2 Å². The van der Waals surface area contributed by atoms with Gasteiger partial charge in [-0.05, 0) is 19.4 Å². The van der Waals surface area contributed by atoms with Gasteiger partial charge in [-0.15, -0.1) is 11.3 Å². The molecule has 2 N–H and O–H groups in total. The van der Waals surface area contributed by atoms with Gasteiger partial charge in [-0.25, -0.2) is 8.42 Å². The first-order chi connectivity index (χ1) is 7.84. The molecular formula is C9H12Cl2N2O2S2. The summed E-state index contributed by atoms with van der Waals surface area (Å²) in [5.74, 6) is 0. The van der Waals surface area contributed by atoms with Crippen molar-refractivity contribution in [3.63, 3.8) is 0 Å². The summed E-state index contributed by atoms with van der Waals surface area (Å²) in [6, 6.07) is 1.05. The van der Waals surface area contributed by atoms with Crippen LogP contribution in [0.3, 0.4) is 0 Å². The largest absolute Gasteiger partial charge is 0.326 e. The SMILES string of the molecule is CC1C(N)CCN1S(=O)(=O)c1cc(Cl)sc1Cl. The Labute approximate surface area is 114 Å². The van der Waals surface area contributed by atoms with E-state index in [1.165, 1.54) is 10.4 Å². The second-order valence-electron chi connectivity index (χ2n) is 4.00. The smallest absolute Gasteiger partial charge is 0.245 e. The van der Waals surface area contributed by atoms with Gasteiger partial charge in [0.05, 0.1) is 4.34 Å². The first kappa shape index (κ1) is 13.6. The number of halogens is 2. The van der Waals surface area contributed by atoms with Crippen LogP contribution in [-0.2, 0) is 10.0 Å². The van der Waals surface area contributed by atoms with Crippen molar-refractivity contribution >= 4 is 44.6 Å². The molecule has 0 amide bonds. The number of hydrogen-bond donors (Lipinski definition) is 1. The molecule has 2 unspecified atom stereocenters. The van der Waals surface area contributed by atoms with Gasteiger partial charge in [-0.3, -0.25) is 0 Å². The van der Waals surface area contributed by atoms with Gasteiger partial charge >= 0.3 is 0 Å². The lowest BCUT2D eigenvalue weighted by atomic mass is 10.2. The van der Waals surface area contributed by atoms with Crippen LogP contribution in [0.15, 0.2) is 11.0 Å². The minimum Gasteiger partial charge on any atom is -0.326 e. The lowest BCUT2D eigenvalue weighted by Crippen LogP contribution is -2.40. The molecule has 1 saturated heterocycles. The number of sulfonamides is 1. The van der Waals surface area contributed by atoms with Crippen molar-refractivity contribution in [1.29, 1.82) is 0 Å². The van der Waals surface area contributed by atoms with E-state index >= 15 is 0 Å². The van der Waals surface area contributed by atoms with Gasteiger partial charge in [0.1, 0.15) is 9.23 Å². The Balaban J connectivity index is 2.41. The summed E-state index contributed by atoms with van der Waals surface area (Å²) in [5, 5.41) is 0. The maximum atomic E-state index is 12.4. The number of thiophene rings is 1. The van der Waals surface area contributed by atoms with E-state index < -0.39 is 10.0 Å². The quantitative estimate of drug-likeness (QED) is 0.910. The third kappa shape index (κ3) is 2.34. The van der Waals surface area contributed by atoms with E-state index in [2.05, 4.69) is 0 Å². The third-order valence-electron chi connectivity index (χ3n) is 2.97. The molecule has 8 heteroatoms. The Hall–Kier alpha value is 0.150. The summed E-state index contributed by atoms with van der Waals surface area (Å²) >= 11 is 12.7. The van der Waals surface area contributed by atoms with E-state index in [0.29, 0.717) is 17.3 Å². The molecule has 0 spiro atoms. The van der Waals surface area contributed by atoms with Crippen molar-refractivity contribution in [2.75, 3.05) is 6.54 Å². The normalized spacial score (nSPS) is 26.6. The fourth-order valence-corrected chi connectivity index (χ4v) is 5.71.